The third kappa shape index (κ3) is 4.89. The predicted octanol–water partition coefficient (Wildman–Crippen LogP) is 5.53. The molecule has 0 atom stereocenters. The van der Waals surface area contributed by atoms with Crippen LogP contribution in [-0.2, 0) is 9.53 Å². The number of nitrogens with one attached hydrogen (secondary N) is 1. The van der Waals surface area contributed by atoms with Crippen LogP contribution in [0.25, 0.3) is 11.1 Å². The van der Waals surface area contributed by atoms with E-state index in [0.717, 1.165) is 27.1 Å². The molecular weight excluding hydrogens is 398 g/mol. The molecule has 0 aliphatic rings. The smallest absolute Gasteiger partial charge is 0.341 e. The number of anilines is 1. The van der Waals surface area contributed by atoms with Crippen LogP contribution in [0.2, 0.25) is 0 Å². The summed E-state index contributed by atoms with van der Waals surface area (Å²) in [6.45, 7) is 7.80. The number of thiophene rings is 1. The highest BCUT2D eigenvalue weighted by Crippen LogP contribution is 2.40. The van der Waals surface area contributed by atoms with Crippen molar-refractivity contribution in [1.29, 1.82) is 0 Å². The molecule has 0 aliphatic heterocycles. The van der Waals surface area contributed by atoms with Gasteiger partial charge in [0.25, 0.3) is 5.91 Å². The van der Waals surface area contributed by atoms with Crippen LogP contribution in [0.1, 0.15) is 33.3 Å². The molecule has 0 aliphatic carbocycles. The molecule has 1 heterocycles. The molecule has 0 radical (unpaired) electrons. The SMILES string of the molecule is CCOC(=O)c1c(NC(=O)COc2ccc(C)c(C)c2)sc(C)c1-c1ccccc1. The highest BCUT2D eigenvalue weighted by molar-refractivity contribution is 7.17. The van der Waals surface area contributed by atoms with Crippen molar-refractivity contribution >= 4 is 28.2 Å². The van der Waals surface area contributed by atoms with Crippen LogP contribution in [0.5, 0.6) is 5.75 Å². The molecule has 0 bridgehead atoms. The lowest BCUT2D eigenvalue weighted by Gasteiger charge is -2.10. The van der Waals surface area contributed by atoms with Crippen LogP contribution in [0.3, 0.4) is 0 Å². The van der Waals surface area contributed by atoms with E-state index < -0.39 is 5.97 Å². The molecule has 30 heavy (non-hydrogen) atoms. The minimum atomic E-state index is -0.453. The van der Waals surface area contributed by atoms with Crippen molar-refractivity contribution in [3.8, 4) is 16.9 Å². The summed E-state index contributed by atoms with van der Waals surface area (Å²) in [6.07, 6.45) is 0. The standard InChI is InChI=1S/C24H25NO4S/c1-5-28-24(27)22-21(18-9-7-6-8-10-18)17(4)30-23(22)25-20(26)14-29-19-12-11-15(2)16(3)13-19/h6-13H,5,14H2,1-4H3,(H,25,26). The second kappa shape index (κ2) is 9.59. The Morgan fingerprint density at radius 2 is 1.73 bits per heavy atom. The Bertz CT molecular complexity index is 1060. The summed E-state index contributed by atoms with van der Waals surface area (Å²) in [7, 11) is 0. The van der Waals surface area contributed by atoms with Gasteiger partial charge in [-0.1, -0.05) is 36.4 Å². The predicted molar refractivity (Wildman–Crippen MR) is 120 cm³/mol. The van der Waals surface area contributed by atoms with E-state index in [1.807, 2.05) is 69.3 Å². The molecule has 156 valence electrons. The molecule has 6 heteroatoms. The molecule has 0 unspecified atom stereocenters. The average Bonchev–Trinajstić information content (AvgIpc) is 3.05. The number of ether oxygens (including phenoxy) is 2. The number of esters is 1. The lowest BCUT2D eigenvalue weighted by molar-refractivity contribution is -0.118. The van der Waals surface area contributed by atoms with Gasteiger partial charge in [-0.25, -0.2) is 4.79 Å². The van der Waals surface area contributed by atoms with Crippen LogP contribution in [0, 0.1) is 20.8 Å². The van der Waals surface area contributed by atoms with Crippen LogP contribution in [-0.4, -0.2) is 25.1 Å². The number of carbonyl (C=O) groups excluding carboxylic acids is 2. The number of rotatable bonds is 7. The number of hydrogen-bond donors (Lipinski definition) is 1. The van der Waals surface area contributed by atoms with E-state index in [4.69, 9.17) is 9.47 Å². The number of benzene rings is 2. The van der Waals surface area contributed by atoms with Gasteiger partial charge in [-0.15, -0.1) is 11.3 Å². The first kappa shape index (κ1) is 21.6. The zero-order chi connectivity index (χ0) is 21.7. The van der Waals surface area contributed by atoms with Gasteiger partial charge in [-0.3, -0.25) is 4.79 Å². The number of carbonyl (C=O) groups is 2. The van der Waals surface area contributed by atoms with Gasteiger partial charge in [0.15, 0.2) is 6.61 Å². The normalized spacial score (nSPS) is 10.5. The Balaban J connectivity index is 1.83. The molecule has 1 aromatic heterocycles. The molecule has 0 fully saturated rings. The number of aryl methyl sites for hydroxylation is 3. The molecular formula is C24H25NO4S. The largest absolute Gasteiger partial charge is 0.484 e. The van der Waals surface area contributed by atoms with Gasteiger partial charge >= 0.3 is 5.97 Å². The maximum Gasteiger partial charge on any atom is 0.341 e. The maximum absolute atomic E-state index is 12.7. The van der Waals surface area contributed by atoms with Gasteiger partial charge in [-0.05, 0) is 56.5 Å². The van der Waals surface area contributed by atoms with E-state index in [0.29, 0.717) is 16.3 Å². The van der Waals surface area contributed by atoms with E-state index >= 15 is 0 Å². The Morgan fingerprint density at radius 1 is 1.00 bits per heavy atom. The third-order valence-corrected chi connectivity index (χ3v) is 5.75. The van der Waals surface area contributed by atoms with Crippen LogP contribution < -0.4 is 10.1 Å². The first-order valence-electron chi connectivity index (χ1n) is 9.76. The Labute approximate surface area is 180 Å². The average molecular weight is 424 g/mol. The first-order valence-corrected chi connectivity index (χ1v) is 10.6. The summed E-state index contributed by atoms with van der Waals surface area (Å²) in [4.78, 5) is 26.2. The Hall–Kier alpha value is -3.12. The fourth-order valence-electron chi connectivity index (χ4n) is 3.10. The second-order valence-electron chi connectivity index (χ2n) is 6.91. The van der Waals surface area contributed by atoms with Crippen LogP contribution >= 0.6 is 11.3 Å². The van der Waals surface area contributed by atoms with Crippen molar-refractivity contribution in [2.45, 2.75) is 27.7 Å². The van der Waals surface area contributed by atoms with Gasteiger partial charge in [0.1, 0.15) is 16.3 Å². The lowest BCUT2D eigenvalue weighted by atomic mass is 10.0. The molecule has 0 saturated carbocycles. The van der Waals surface area contributed by atoms with Crippen molar-refractivity contribution in [3.63, 3.8) is 0 Å². The summed E-state index contributed by atoms with van der Waals surface area (Å²) in [5.74, 6) is -0.156. The zero-order valence-corrected chi connectivity index (χ0v) is 18.4. The van der Waals surface area contributed by atoms with Gasteiger partial charge in [0, 0.05) is 10.4 Å². The van der Waals surface area contributed by atoms with Gasteiger partial charge in [-0.2, -0.15) is 0 Å². The van der Waals surface area contributed by atoms with E-state index in [-0.39, 0.29) is 19.1 Å². The molecule has 3 aromatic rings. The quantitative estimate of drug-likeness (QED) is 0.507. The summed E-state index contributed by atoms with van der Waals surface area (Å²) >= 11 is 1.36. The first-order chi connectivity index (χ1) is 14.4. The second-order valence-corrected chi connectivity index (χ2v) is 8.13. The van der Waals surface area contributed by atoms with E-state index in [1.54, 1.807) is 6.92 Å². The van der Waals surface area contributed by atoms with Crippen LogP contribution in [0.4, 0.5) is 5.00 Å². The topological polar surface area (TPSA) is 64.6 Å². The van der Waals surface area contributed by atoms with Crippen molar-refractivity contribution in [1.82, 2.24) is 0 Å². The third-order valence-electron chi connectivity index (χ3n) is 4.73. The Morgan fingerprint density at radius 3 is 2.40 bits per heavy atom. The summed E-state index contributed by atoms with van der Waals surface area (Å²) in [5, 5.41) is 3.30. The fourth-order valence-corrected chi connectivity index (χ4v) is 4.18. The van der Waals surface area contributed by atoms with Gasteiger partial charge in [0.2, 0.25) is 0 Å². The van der Waals surface area contributed by atoms with E-state index in [1.165, 1.54) is 11.3 Å². The van der Waals surface area contributed by atoms with Crippen molar-refractivity contribution in [2.75, 3.05) is 18.5 Å². The molecule has 0 saturated heterocycles. The summed E-state index contributed by atoms with van der Waals surface area (Å²) in [5.41, 5.74) is 4.32. The minimum absolute atomic E-state index is 0.150. The monoisotopic (exact) mass is 423 g/mol. The molecule has 2 aromatic carbocycles. The van der Waals surface area contributed by atoms with Gasteiger partial charge in [0.05, 0.1) is 6.61 Å². The summed E-state index contributed by atoms with van der Waals surface area (Å²) < 4.78 is 10.9. The van der Waals surface area contributed by atoms with E-state index in [2.05, 4.69) is 5.32 Å². The molecule has 1 amide bonds. The Kier molecular flexibility index (Phi) is 6.90. The van der Waals surface area contributed by atoms with Crippen molar-refractivity contribution in [3.05, 3.63) is 70.1 Å². The molecule has 5 nitrogen and oxygen atoms in total. The zero-order valence-electron chi connectivity index (χ0n) is 17.6. The maximum atomic E-state index is 12.7. The van der Waals surface area contributed by atoms with Crippen molar-refractivity contribution in [2.24, 2.45) is 0 Å². The van der Waals surface area contributed by atoms with Gasteiger partial charge < -0.3 is 14.8 Å². The lowest BCUT2D eigenvalue weighted by Crippen LogP contribution is -2.21. The van der Waals surface area contributed by atoms with E-state index in [9.17, 15) is 9.59 Å². The highest BCUT2D eigenvalue weighted by atomic mass is 32.1. The van der Waals surface area contributed by atoms with Crippen molar-refractivity contribution < 1.29 is 19.1 Å². The molecule has 3 rings (SSSR count). The summed E-state index contributed by atoms with van der Waals surface area (Å²) in [6, 6.07) is 15.3. The highest BCUT2D eigenvalue weighted by Gasteiger charge is 2.25. The van der Waals surface area contributed by atoms with Crippen LogP contribution in [0.15, 0.2) is 48.5 Å². The number of hydrogen-bond acceptors (Lipinski definition) is 5. The molecule has 1 N–H and O–H groups in total. The minimum Gasteiger partial charge on any atom is -0.484 e. The molecule has 0 spiro atoms. The fraction of sp³-hybridized carbons (Fsp3) is 0.250. The number of amides is 1.